The lowest BCUT2D eigenvalue weighted by atomic mass is 9.89. The van der Waals surface area contributed by atoms with E-state index in [0.717, 1.165) is 31.6 Å². The Kier molecular flexibility index (Phi) is 5.59. The number of aliphatic hydroxyl groups excluding tert-OH is 1. The average molecular weight is 294 g/mol. The summed E-state index contributed by atoms with van der Waals surface area (Å²) in [5.41, 5.74) is 1.55. The number of aliphatic hydroxyl groups is 1. The van der Waals surface area contributed by atoms with Crippen LogP contribution in [-0.2, 0) is 14.3 Å². The molecule has 2 rings (SSSR count). The lowest BCUT2D eigenvalue weighted by molar-refractivity contribution is -0.153. The first-order valence-electron chi connectivity index (χ1n) is 7.27. The van der Waals surface area contributed by atoms with Crippen molar-refractivity contribution in [3.63, 3.8) is 0 Å². The molecule has 0 spiro atoms. The van der Waals surface area contributed by atoms with Crippen molar-refractivity contribution in [3.8, 4) is 5.75 Å². The van der Waals surface area contributed by atoms with Crippen LogP contribution in [0.25, 0.3) is 0 Å². The average Bonchev–Trinajstić information content (AvgIpc) is 2.54. The normalized spacial score (nSPS) is 17.3. The van der Waals surface area contributed by atoms with E-state index in [-0.39, 0.29) is 6.61 Å². The molecule has 1 unspecified atom stereocenters. The fourth-order valence-corrected chi connectivity index (χ4v) is 2.60. The Morgan fingerprint density at radius 1 is 1.43 bits per heavy atom. The number of esters is 1. The second-order valence-electron chi connectivity index (χ2n) is 5.04. The molecule has 1 atom stereocenters. The van der Waals surface area contributed by atoms with Gasteiger partial charge in [0.25, 0.3) is 0 Å². The third kappa shape index (κ3) is 3.74. The highest BCUT2D eigenvalue weighted by molar-refractivity contribution is 5.77. The maximum atomic E-state index is 11.8. The van der Waals surface area contributed by atoms with Crippen molar-refractivity contribution in [2.24, 2.45) is 0 Å². The largest absolute Gasteiger partial charge is 0.496 e. The van der Waals surface area contributed by atoms with Crippen molar-refractivity contribution >= 4 is 5.97 Å². The minimum absolute atomic E-state index is 0.234. The van der Waals surface area contributed by atoms with Gasteiger partial charge in [-0.05, 0) is 43.4 Å². The molecule has 1 aliphatic heterocycles. The fourth-order valence-electron chi connectivity index (χ4n) is 2.60. The van der Waals surface area contributed by atoms with Crippen LogP contribution in [-0.4, -0.2) is 38.0 Å². The summed E-state index contributed by atoms with van der Waals surface area (Å²) in [6.07, 6.45) is 0.572. The van der Waals surface area contributed by atoms with Crippen LogP contribution in [0.15, 0.2) is 18.2 Å². The maximum absolute atomic E-state index is 11.8. The van der Waals surface area contributed by atoms with Gasteiger partial charge in [-0.15, -0.1) is 0 Å². The van der Waals surface area contributed by atoms with Crippen molar-refractivity contribution in [2.75, 3.05) is 26.9 Å². The van der Waals surface area contributed by atoms with E-state index in [2.05, 4.69) is 0 Å². The van der Waals surface area contributed by atoms with E-state index in [1.165, 1.54) is 7.11 Å². The molecule has 1 saturated heterocycles. The van der Waals surface area contributed by atoms with Crippen LogP contribution < -0.4 is 4.74 Å². The summed E-state index contributed by atoms with van der Waals surface area (Å²) < 4.78 is 15.5. The second-order valence-corrected chi connectivity index (χ2v) is 5.04. The lowest BCUT2D eigenvalue weighted by Gasteiger charge is -2.24. The van der Waals surface area contributed by atoms with Crippen molar-refractivity contribution in [1.29, 1.82) is 0 Å². The Morgan fingerprint density at radius 2 is 2.14 bits per heavy atom. The molecule has 0 aliphatic carbocycles. The van der Waals surface area contributed by atoms with E-state index >= 15 is 0 Å². The minimum atomic E-state index is -1.32. The maximum Gasteiger partial charge on any atom is 0.339 e. The van der Waals surface area contributed by atoms with Crippen molar-refractivity contribution in [2.45, 2.75) is 31.8 Å². The number of ether oxygens (including phenoxy) is 3. The van der Waals surface area contributed by atoms with Crippen LogP contribution in [0.4, 0.5) is 0 Å². The smallest absolute Gasteiger partial charge is 0.339 e. The molecular weight excluding hydrogens is 272 g/mol. The summed E-state index contributed by atoms with van der Waals surface area (Å²) in [6, 6.07) is 5.62. The monoisotopic (exact) mass is 294 g/mol. The Bertz CT molecular complexity index is 480. The van der Waals surface area contributed by atoms with Gasteiger partial charge in [0.2, 0.25) is 0 Å². The van der Waals surface area contributed by atoms with Crippen molar-refractivity contribution in [3.05, 3.63) is 29.3 Å². The van der Waals surface area contributed by atoms with Gasteiger partial charge in [-0.3, -0.25) is 0 Å². The van der Waals surface area contributed by atoms with Crippen LogP contribution in [0.2, 0.25) is 0 Å². The molecule has 1 aromatic rings. The quantitative estimate of drug-likeness (QED) is 0.843. The highest BCUT2D eigenvalue weighted by Gasteiger charge is 2.25. The molecule has 1 N–H and O–H groups in total. The first kappa shape index (κ1) is 15.8. The third-order valence-electron chi connectivity index (χ3n) is 3.75. The van der Waals surface area contributed by atoms with Gasteiger partial charge >= 0.3 is 5.97 Å². The van der Waals surface area contributed by atoms with Crippen LogP contribution in [0.5, 0.6) is 5.75 Å². The first-order chi connectivity index (χ1) is 10.2. The molecule has 0 bridgehead atoms. The highest BCUT2D eigenvalue weighted by atomic mass is 16.5. The van der Waals surface area contributed by atoms with E-state index in [0.29, 0.717) is 17.2 Å². The molecule has 1 heterocycles. The van der Waals surface area contributed by atoms with Gasteiger partial charge in [0.05, 0.1) is 13.7 Å². The molecule has 5 nitrogen and oxygen atoms in total. The van der Waals surface area contributed by atoms with Gasteiger partial charge in [0, 0.05) is 18.8 Å². The second kappa shape index (κ2) is 7.43. The molecule has 116 valence electrons. The van der Waals surface area contributed by atoms with E-state index in [9.17, 15) is 9.90 Å². The molecule has 0 radical (unpaired) electrons. The summed E-state index contributed by atoms with van der Waals surface area (Å²) in [6.45, 7) is 3.43. The van der Waals surface area contributed by atoms with Crippen molar-refractivity contribution < 1.29 is 24.1 Å². The molecule has 5 heteroatoms. The standard InChI is InChI=1S/C16H22O5/c1-3-21-16(18)15(17)13-10-12(4-5-14(13)19-2)11-6-8-20-9-7-11/h4-5,10-11,15,17H,3,6-9H2,1-2H3. The molecule has 0 amide bonds. The minimum Gasteiger partial charge on any atom is -0.496 e. The van der Waals surface area contributed by atoms with Crippen LogP contribution in [0.3, 0.4) is 0 Å². The van der Waals surface area contributed by atoms with Gasteiger partial charge < -0.3 is 19.3 Å². The van der Waals surface area contributed by atoms with Gasteiger partial charge in [-0.2, -0.15) is 0 Å². The third-order valence-corrected chi connectivity index (χ3v) is 3.75. The van der Waals surface area contributed by atoms with Gasteiger partial charge in [-0.25, -0.2) is 4.79 Å². The van der Waals surface area contributed by atoms with Crippen LogP contribution in [0, 0.1) is 0 Å². The van der Waals surface area contributed by atoms with E-state index < -0.39 is 12.1 Å². The lowest BCUT2D eigenvalue weighted by Crippen LogP contribution is -2.18. The number of hydrogen-bond donors (Lipinski definition) is 1. The number of rotatable bonds is 5. The zero-order chi connectivity index (χ0) is 15.2. The summed E-state index contributed by atoms with van der Waals surface area (Å²) in [5, 5.41) is 10.2. The number of methoxy groups -OCH3 is 1. The number of hydrogen-bond acceptors (Lipinski definition) is 5. The molecule has 1 aliphatic rings. The van der Waals surface area contributed by atoms with Crippen LogP contribution in [0.1, 0.15) is 42.9 Å². The number of benzene rings is 1. The van der Waals surface area contributed by atoms with Crippen molar-refractivity contribution in [1.82, 2.24) is 0 Å². The summed E-state index contributed by atoms with van der Waals surface area (Å²) in [4.78, 5) is 11.8. The fraction of sp³-hybridized carbons (Fsp3) is 0.562. The predicted molar refractivity (Wildman–Crippen MR) is 77.4 cm³/mol. The molecule has 1 aromatic carbocycles. The molecule has 1 fully saturated rings. The Hall–Kier alpha value is -1.59. The summed E-state index contributed by atoms with van der Waals surface area (Å²) in [5.74, 6) is 0.226. The molecular formula is C16H22O5. The van der Waals surface area contributed by atoms with Crippen LogP contribution >= 0.6 is 0 Å². The molecule has 21 heavy (non-hydrogen) atoms. The van der Waals surface area contributed by atoms with Gasteiger partial charge in [0.1, 0.15) is 5.75 Å². The Labute approximate surface area is 124 Å². The van der Waals surface area contributed by atoms with E-state index in [4.69, 9.17) is 14.2 Å². The van der Waals surface area contributed by atoms with Gasteiger partial charge in [0.15, 0.2) is 6.10 Å². The summed E-state index contributed by atoms with van der Waals surface area (Å²) >= 11 is 0. The molecule has 0 aromatic heterocycles. The zero-order valence-electron chi connectivity index (χ0n) is 12.5. The Balaban J connectivity index is 2.26. The number of carbonyl (C=O) groups excluding carboxylic acids is 1. The SMILES string of the molecule is CCOC(=O)C(O)c1cc(C2CCOCC2)ccc1OC. The van der Waals surface area contributed by atoms with E-state index in [1.54, 1.807) is 13.0 Å². The molecule has 0 saturated carbocycles. The predicted octanol–water partition coefficient (Wildman–Crippen LogP) is 2.19. The topological polar surface area (TPSA) is 65.0 Å². The first-order valence-corrected chi connectivity index (χ1v) is 7.27. The van der Waals surface area contributed by atoms with E-state index in [1.807, 2.05) is 12.1 Å². The van der Waals surface area contributed by atoms with Gasteiger partial charge in [-0.1, -0.05) is 6.07 Å². The highest BCUT2D eigenvalue weighted by Crippen LogP contribution is 2.33. The summed E-state index contributed by atoms with van der Waals surface area (Å²) in [7, 11) is 1.52. The number of carbonyl (C=O) groups is 1. The Morgan fingerprint density at radius 3 is 2.76 bits per heavy atom. The zero-order valence-corrected chi connectivity index (χ0v) is 12.5.